The zero-order chi connectivity index (χ0) is 14.0. The molecule has 0 aliphatic carbocycles. The van der Waals surface area contributed by atoms with Crippen molar-refractivity contribution in [3.8, 4) is 0 Å². The summed E-state index contributed by atoms with van der Waals surface area (Å²) >= 11 is 1.67. The predicted octanol–water partition coefficient (Wildman–Crippen LogP) is 3.10. The molecule has 0 fully saturated rings. The normalized spacial score (nSPS) is 12.5. The van der Waals surface area contributed by atoms with Crippen molar-refractivity contribution in [2.45, 2.75) is 26.4 Å². The molecule has 1 atom stereocenters. The Balaban J connectivity index is 2.15. The van der Waals surface area contributed by atoms with Crippen LogP contribution in [0.15, 0.2) is 24.3 Å². The summed E-state index contributed by atoms with van der Waals surface area (Å²) in [6, 6.07) is 8.00. The minimum absolute atomic E-state index is 0.496. The van der Waals surface area contributed by atoms with Crippen LogP contribution < -0.4 is 4.90 Å². The number of hydrogen-bond acceptors (Lipinski definition) is 4. The Morgan fingerprint density at radius 3 is 2.63 bits per heavy atom. The number of aliphatic hydroxyl groups is 1. The highest BCUT2D eigenvalue weighted by molar-refractivity contribution is 7.11. The number of aryl methyl sites for hydroxylation is 2. The van der Waals surface area contributed by atoms with Crippen molar-refractivity contribution >= 4 is 17.0 Å². The molecule has 3 nitrogen and oxygen atoms in total. The molecule has 0 saturated heterocycles. The van der Waals surface area contributed by atoms with Gasteiger partial charge in [0.2, 0.25) is 0 Å². The second-order valence-corrected chi connectivity index (χ2v) is 6.25. The summed E-state index contributed by atoms with van der Waals surface area (Å²) in [5.41, 5.74) is 3.11. The Kier molecular flexibility index (Phi) is 4.22. The van der Waals surface area contributed by atoms with Crippen LogP contribution in [0.4, 0.5) is 5.69 Å². The van der Waals surface area contributed by atoms with E-state index in [1.54, 1.807) is 11.3 Å². The fourth-order valence-corrected chi connectivity index (χ4v) is 2.89. The van der Waals surface area contributed by atoms with E-state index in [0.717, 1.165) is 22.0 Å². The van der Waals surface area contributed by atoms with Crippen molar-refractivity contribution in [3.05, 3.63) is 45.4 Å². The van der Waals surface area contributed by atoms with Gasteiger partial charge >= 0.3 is 0 Å². The molecule has 1 aromatic carbocycles. The third-order valence-electron chi connectivity index (χ3n) is 3.21. The summed E-state index contributed by atoms with van der Waals surface area (Å²) in [6.45, 7) is 4.07. The van der Waals surface area contributed by atoms with Crippen LogP contribution in [-0.2, 0) is 6.42 Å². The minimum atomic E-state index is -0.496. The zero-order valence-electron chi connectivity index (χ0n) is 11.8. The molecule has 1 heterocycles. The first-order valence-electron chi connectivity index (χ1n) is 6.35. The number of thiazole rings is 1. The molecule has 0 bridgehead atoms. The molecular weight excluding hydrogens is 256 g/mol. The van der Waals surface area contributed by atoms with E-state index in [-0.39, 0.29) is 0 Å². The topological polar surface area (TPSA) is 36.4 Å². The van der Waals surface area contributed by atoms with E-state index in [0.29, 0.717) is 6.42 Å². The first-order chi connectivity index (χ1) is 8.97. The fraction of sp³-hybridized carbons (Fsp3) is 0.400. The maximum absolute atomic E-state index is 10.3. The molecule has 19 heavy (non-hydrogen) atoms. The highest BCUT2D eigenvalue weighted by atomic mass is 32.1. The SMILES string of the molecule is Cc1nc(CC(O)c2cccc(N(C)C)c2)sc1C. The number of rotatable bonds is 4. The van der Waals surface area contributed by atoms with Crippen LogP contribution in [0, 0.1) is 13.8 Å². The monoisotopic (exact) mass is 276 g/mol. The molecule has 2 aromatic rings. The Bertz CT molecular complexity index is 544. The third kappa shape index (κ3) is 3.33. The van der Waals surface area contributed by atoms with E-state index in [9.17, 15) is 5.11 Å². The Morgan fingerprint density at radius 1 is 1.32 bits per heavy atom. The number of hydrogen-bond donors (Lipinski definition) is 1. The summed E-state index contributed by atoms with van der Waals surface area (Å²) in [5.74, 6) is 0. The number of anilines is 1. The van der Waals surface area contributed by atoms with E-state index < -0.39 is 6.10 Å². The maximum Gasteiger partial charge on any atom is 0.0960 e. The lowest BCUT2D eigenvalue weighted by Crippen LogP contribution is -2.10. The minimum Gasteiger partial charge on any atom is -0.388 e. The molecule has 0 aliphatic rings. The van der Waals surface area contributed by atoms with Gasteiger partial charge in [-0.1, -0.05) is 12.1 Å². The third-order valence-corrected chi connectivity index (χ3v) is 4.31. The number of aliphatic hydroxyl groups excluding tert-OH is 1. The van der Waals surface area contributed by atoms with Gasteiger partial charge in [0.25, 0.3) is 0 Å². The van der Waals surface area contributed by atoms with Gasteiger partial charge in [-0.2, -0.15) is 0 Å². The van der Waals surface area contributed by atoms with Gasteiger partial charge in [0.05, 0.1) is 16.8 Å². The van der Waals surface area contributed by atoms with Gasteiger partial charge in [-0.25, -0.2) is 4.98 Å². The highest BCUT2D eigenvalue weighted by Gasteiger charge is 2.13. The molecule has 0 amide bonds. The first kappa shape index (κ1) is 14.0. The van der Waals surface area contributed by atoms with Gasteiger partial charge in [-0.15, -0.1) is 11.3 Å². The molecule has 0 saturated carbocycles. The molecule has 0 spiro atoms. The lowest BCUT2D eigenvalue weighted by Gasteiger charge is -2.15. The number of aromatic nitrogens is 1. The van der Waals surface area contributed by atoms with Crippen molar-refractivity contribution in [3.63, 3.8) is 0 Å². The van der Waals surface area contributed by atoms with Crippen LogP contribution in [0.1, 0.15) is 27.2 Å². The molecule has 4 heteroatoms. The molecule has 1 aromatic heterocycles. The lowest BCUT2D eigenvalue weighted by atomic mass is 10.1. The van der Waals surface area contributed by atoms with Crippen molar-refractivity contribution in [1.29, 1.82) is 0 Å². The fourth-order valence-electron chi connectivity index (χ4n) is 1.92. The van der Waals surface area contributed by atoms with Crippen molar-refractivity contribution in [1.82, 2.24) is 4.98 Å². The van der Waals surface area contributed by atoms with Crippen molar-refractivity contribution in [2.75, 3.05) is 19.0 Å². The summed E-state index contributed by atoms with van der Waals surface area (Å²) in [5, 5.41) is 11.3. The van der Waals surface area contributed by atoms with E-state index in [1.807, 2.05) is 50.2 Å². The van der Waals surface area contributed by atoms with E-state index in [2.05, 4.69) is 11.9 Å². The highest BCUT2D eigenvalue weighted by Crippen LogP contribution is 2.25. The summed E-state index contributed by atoms with van der Waals surface area (Å²) in [4.78, 5) is 7.74. The molecule has 102 valence electrons. The van der Waals surface area contributed by atoms with Gasteiger partial charge in [-0.3, -0.25) is 0 Å². The quantitative estimate of drug-likeness (QED) is 0.932. The van der Waals surface area contributed by atoms with E-state index in [4.69, 9.17) is 0 Å². The summed E-state index contributed by atoms with van der Waals surface area (Å²) < 4.78 is 0. The van der Waals surface area contributed by atoms with Gasteiger partial charge in [0, 0.05) is 31.1 Å². The van der Waals surface area contributed by atoms with Crippen LogP contribution >= 0.6 is 11.3 Å². The van der Waals surface area contributed by atoms with E-state index in [1.165, 1.54) is 4.88 Å². The molecular formula is C15H20N2OS. The van der Waals surface area contributed by atoms with Crippen molar-refractivity contribution < 1.29 is 5.11 Å². The number of benzene rings is 1. The second-order valence-electron chi connectivity index (χ2n) is 4.96. The molecule has 2 rings (SSSR count). The summed E-state index contributed by atoms with van der Waals surface area (Å²) in [7, 11) is 4.00. The summed E-state index contributed by atoms with van der Waals surface area (Å²) in [6.07, 6.45) is 0.0841. The van der Waals surface area contributed by atoms with Crippen LogP contribution in [0.25, 0.3) is 0 Å². The van der Waals surface area contributed by atoms with E-state index >= 15 is 0 Å². The zero-order valence-corrected chi connectivity index (χ0v) is 12.7. The largest absolute Gasteiger partial charge is 0.388 e. The van der Waals surface area contributed by atoms with Gasteiger partial charge < -0.3 is 10.0 Å². The standard InChI is InChI=1S/C15H20N2OS/c1-10-11(2)19-15(16-10)9-14(18)12-6-5-7-13(8-12)17(3)4/h5-8,14,18H,9H2,1-4H3. The van der Waals surface area contributed by atoms with Crippen LogP contribution in [-0.4, -0.2) is 24.2 Å². The Hall–Kier alpha value is -1.39. The van der Waals surface area contributed by atoms with Gasteiger partial charge in [-0.05, 0) is 31.5 Å². The van der Waals surface area contributed by atoms with Gasteiger partial charge in [0.15, 0.2) is 0 Å². The lowest BCUT2D eigenvalue weighted by molar-refractivity contribution is 0.178. The smallest absolute Gasteiger partial charge is 0.0960 e. The predicted molar refractivity (Wildman–Crippen MR) is 81.0 cm³/mol. The second kappa shape index (κ2) is 5.72. The molecule has 0 aliphatic heterocycles. The van der Waals surface area contributed by atoms with Crippen molar-refractivity contribution in [2.24, 2.45) is 0 Å². The van der Waals surface area contributed by atoms with Crippen LogP contribution in [0.5, 0.6) is 0 Å². The maximum atomic E-state index is 10.3. The Morgan fingerprint density at radius 2 is 2.05 bits per heavy atom. The number of nitrogens with zero attached hydrogens (tertiary/aromatic N) is 2. The molecule has 0 radical (unpaired) electrons. The Labute approximate surface area is 118 Å². The van der Waals surface area contributed by atoms with Crippen LogP contribution in [0.2, 0.25) is 0 Å². The average molecular weight is 276 g/mol. The first-order valence-corrected chi connectivity index (χ1v) is 7.17. The van der Waals surface area contributed by atoms with Gasteiger partial charge in [0.1, 0.15) is 0 Å². The average Bonchev–Trinajstić information content (AvgIpc) is 2.68. The van der Waals surface area contributed by atoms with Crippen LogP contribution in [0.3, 0.4) is 0 Å². The molecule has 1 unspecified atom stereocenters. The molecule has 1 N–H and O–H groups in total.